The summed E-state index contributed by atoms with van der Waals surface area (Å²) in [5, 5.41) is 9.29. The summed E-state index contributed by atoms with van der Waals surface area (Å²) in [6, 6.07) is 105. The molecule has 0 radical (unpaired) electrons. The number of fused-ring (bicyclic) bond motifs is 15. The first-order chi connectivity index (χ1) is 49.0. The van der Waals surface area contributed by atoms with Crippen LogP contribution in [-0.2, 0) is 22.7 Å². The molecule has 19 rings (SSSR count). The average Bonchev–Trinajstić information content (AvgIpc) is 1.71. The van der Waals surface area contributed by atoms with Crippen molar-refractivity contribution in [1.29, 1.82) is 0 Å². The molecular formula is C97H78O4. The molecule has 4 aromatic heterocycles. The Bertz CT molecular complexity index is 6100. The third-order valence-electron chi connectivity index (χ3n) is 20.4. The largest absolute Gasteiger partial charge is 0.456 e. The monoisotopic (exact) mass is 1310 g/mol. The molecule has 0 saturated carbocycles. The summed E-state index contributed by atoms with van der Waals surface area (Å²) < 4.78 is 25.5. The van der Waals surface area contributed by atoms with Gasteiger partial charge in [-0.15, -0.1) is 0 Å². The summed E-state index contributed by atoms with van der Waals surface area (Å²) >= 11 is 0. The van der Waals surface area contributed by atoms with Crippen LogP contribution in [0.1, 0.15) is 90.1 Å². The summed E-state index contributed by atoms with van der Waals surface area (Å²) in [4.78, 5) is 0. The Balaban J connectivity index is 0.000000114. The second kappa shape index (κ2) is 24.6. The average molecular weight is 1310 g/mol. The van der Waals surface area contributed by atoms with Crippen LogP contribution in [0.3, 0.4) is 0 Å². The van der Waals surface area contributed by atoms with Gasteiger partial charge in [-0.25, -0.2) is 0 Å². The molecule has 0 aliphatic heterocycles. The summed E-state index contributed by atoms with van der Waals surface area (Å²) in [6.45, 7) is 20.7. The first kappa shape index (κ1) is 62.8. The van der Waals surface area contributed by atoms with E-state index in [-0.39, 0.29) is 16.2 Å². The maximum atomic E-state index is 6.44. The van der Waals surface area contributed by atoms with Gasteiger partial charge < -0.3 is 17.7 Å². The third kappa shape index (κ3) is 10.9. The standard InChI is InChI=1S/C35H28O.C34H26O2.C28H24O/c1-35(2,3)34-27(25-15-8-12-23-21-22-11-4-5-13-24(22)32(23)25)17-9-18-28(34)26-16-10-20-31-33(26)29-14-6-7-19-30(29)36-31;1-34(2,3)31-23(27-17-9-15-25-21-11-4-6-19-29(21)35-32(25)27)13-8-14-24(31)28-18-10-16-26-22-12-5-7-20-30(22)36-33(26)28;1-28(2,3)26-20(19-11-5-4-6-12-19)14-9-15-22(26)24-17-10-16-23-21-13-7-8-18-25(21)29-27(23)24/h4-20H,21H2,1-3H3;4-20H,1-3H3;4-18H,1-3H3. The molecule has 1 aliphatic rings. The molecule has 1 aliphatic carbocycles. The zero-order valence-corrected chi connectivity index (χ0v) is 58.6. The minimum Gasteiger partial charge on any atom is -0.456 e. The zero-order chi connectivity index (χ0) is 68.9. The molecule has 490 valence electrons. The van der Waals surface area contributed by atoms with Gasteiger partial charge in [0.05, 0.1) is 0 Å². The van der Waals surface area contributed by atoms with Crippen molar-refractivity contribution in [2.75, 3.05) is 0 Å². The molecule has 4 heteroatoms. The van der Waals surface area contributed by atoms with Crippen LogP contribution in [0.25, 0.3) is 166 Å². The van der Waals surface area contributed by atoms with Crippen LogP contribution in [0.2, 0.25) is 0 Å². The molecule has 0 atom stereocenters. The first-order valence-electron chi connectivity index (χ1n) is 35.3. The first-order valence-corrected chi connectivity index (χ1v) is 35.3. The van der Waals surface area contributed by atoms with E-state index in [0.717, 1.165) is 89.3 Å². The van der Waals surface area contributed by atoms with Crippen molar-refractivity contribution in [3.05, 3.63) is 325 Å². The van der Waals surface area contributed by atoms with Gasteiger partial charge in [-0.05, 0) is 142 Å². The van der Waals surface area contributed by atoms with Gasteiger partial charge in [0.25, 0.3) is 0 Å². The van der Waals surface area contributed by atoms with E-state index in [1.807, 2.05) is 42.5 Å². The van der Waals surface area contributed by atoms with E-state index in [1.165, 1.54) is 111 Å². The predicted octanol–water partition coefficient (Wildman–Crippen LogP) is 28.1. The summed E-state index contributed by atoms with van der Waals surface area (Å²) in [5.74, 6) is 0. The lowest BCUT2D eigenvalue weighted by molar-refractivity contribution is 0.593. The molecule has 0 amide bonds. The number of hydrogen-bond donors (Lipinski definition) is 0. The molecule has 0 unspecified atom stereocenters. The Morgan fingerprint density at radius 1 is 0.208 bits per heavy atom. The van der Waals surface area contributed by atoms with Crippen LogP contribution in [0, 0.1) is 0 Å². The fraction of sp³-hybridized carbons (Fsp3) is 0.134. The van der Waals surface area contributed by atoms with Gasteiger partial charge in [0.1, 0.15) is 44.7 Å². The lowest BCUT2D eigenvalue weighted by Crippen LogP contribution is -2.15. The van der Waals surface area contributed by atoms with Crippen molar-refractivity contribution in [1.82, 2.24) is 0 Å². The van der Waals surface area contributed by atoms with Crippen LogP contribution in [-0.4, -0.2) is 0 Å². The SMILES string of the molecule is CC(C)(C)c1c(-c2cccc3c2-c2ccccc2C3)cccc1-c1cccc2oc3ccccc3c12.CC(C)(C)c1c(-c2cccc3c2oc2ccccc23)cccc1-c1cccc2c1oc1ccccc12.CC(C)(C)c1c(-c2ccccc2)cccc1-c1cccc2c1oc1ccccc12. The third-order valence-corrected chi connectivity index (χ3v) is 20.4. The van der Waals surface area contributed by atoms with Crippen LogP contribution >= 0.6 is 0 Å². The molecule has 0 saturated heterocycles. The molecule has 4 nitrogen and oxygen atoms in total. The van der Waals surface area contributed by atoms with E-state index in [2.05, 4.69) is 317 Å². The molecule has 0 bridgehead atoms. The highest BCUT2D eigenvalue weighted by Gasteiger charge is 2.31. The van der Waals surface area contributed by atoms with Crippen molar-refractivity contribution in [2.24, 2.45) is 0 Å². The van der Waals surface area contributed by atoms with Crippen molar-refractivity contribution in [3.8, 4) is 77.9 Å². The van der Waals surface area contributed by atoms with Gasteiger partial charge in [-0.1, -0.05) is 329 Å². The highest BCUT2D eigenvalue weighted by atomic mass is 16.3. The van der Waals surface area contributed by atoms with Crippen LogP contribution < -0.4 is 0 Å². The molecule has 18 aromatic rings. The Morgan fingerprint density at radius 2 is 0.505 bits per heavy atom. The van der Waals surface area contributed by atoms with Crippen LogP contribution in [0.15, 0.2) is 315 Å². The number of para-hydroxylation sites is 7. The van der Waals surface area contributed by atoms with Crippen LogP contribution in [0.5, 0.6) is 0 Å². The Hall–Kier alpha value is -11.7. The van der Waals surface area contributed by atoms with E-state index >= 15 is 0 Å². The van der Waals surface area contributed by atoms with E-state index in [1.54, 1.807) is 0 Å². The second-order valence-electron chi connectivity index (χ2n) is 30.1. The Morgan fingerprint density at radius 3 is 0.990 bits per heavy atom. The second-order valence-corrected chi connectivity index (χ2v) is 30.1. The summed E-state index contributed by atoms with van der Waals surface area (Å²) in [6.07, 6.45) is 1.00. The number of benzene rings is 14. The van der Waals surface area contributed by atoms with E-state index in [4.69, 9.17) is 17.7 Å². The van der Waals surface area contributed by atoms with Gasteiger partial charge in [0, 0.05) is 59.8 Å². The highest BCUT2D eigenvalue weighted by Crippen LogP contribution is 2.51. The van der Waals surface area contributed by atoms with Gasteiger partial charge in [-0.3, -0.25) is 0 Å². The summed E-state index contributed by atoms with van der Waals surface area (Å²) in [7, 11) is 0. The molecule has 0 N–H and O–H groups in total. The van der Waals surface area contributed by atoms with Gasteiger partial charge in [0.15, 0.2) is 0 Å². The molecular weight excluding hydrogens is 1230 g/mol. The topological polar surface area (TPSA) is 52.6 Å². The highest BCUT2D eigenvalue weighted by molar-refractivity contribution is 6.15. The molecule has 14 aromatic carbocycles. The zero-order valence-electron chi connectivity index (χ0n) is 58.6. The van der Waals surface area contributed by atoms with Gasteiger partial charge >= 0.3 is 0 Å². The number of hydrogen-bond acceptors (Lipinski definition) is 4. The maximum Gasteiger partial charge on any atom is 0.143 e. The van der Waals surface area contributed by atoms with E-state index in [9.17, 15) is 0 Å². The molecule has 0 spiro atoms. The molecule has 4 heterocycles. The van der Waals surface area contributed by atoms with Crippen molar-refractivity contribution in [3.63, 3.8) is 0 Å². The normalized spacial score (nSPS) is 12.4. The van der Waals surface area contributed by atoms with Crippen LogP contribution in [0.4, 0.5) is 0 Å². The van der Waals surface area contributed by atoms with Gasteiger partial charge in [0.2, 0.25) is 0 Å². The maximum absolute atomic E-state index is 6.44. The Kier molecular flexibility index (Phi) is 15.3. The van der Waals surface area contributed by atoms with Crippen molar-refractivity contribution in [2.45, 2.75) is 85.0 Å². The van der Waals surface area contributed by atoms with Crippen molar-refractivity contribution < 1.29 is 17.7 Å². The minimum absolute atomic E-state index is 0.0179. The lowest BCUT2D eigenvalue weighted by atomic mass is 9.76. The van der Waals surface area contributed by atoms with Gasteiger partial charge in [-0.2, -0.15) is 0 Å². The van der Waals surface area contributed by atoms with E-state index < -0.39 is 0 Å². The smallest absolute Gasteiger partial charge is 0.143 e. The quantitative estimate of drug-likeness (QED) is 0.166. The van der Waals surface area contributed by atoms with Crippen molar-refractivity contribution >= 4 is 87.8 Å². The summed E-state index contributed by atoms with van der Waals surface area (Å²) in [5.41, 5.74) is 31.6. The fourth-order valence-electron chi connectivity index (χ4n) is 16.4. The Labute approximate surface area is 589 Å². The minimum atomic E-state index is -0.117. The molecule has 101 heavy (non-hydrogen) atoms. The number of rotatable bonds is 6. The predicted molar refractivity (Wildman–Crippen MR) is 425 cm³/mol. The fourth-order valence-corrected chi connectivity index (χ4v) is 16.4. The molecule has 0 fully saturated rings. The van der Waals surface area contributed by atoms with E-state index in [0.29, 0.717) is 0 Å². The lowest BCUT2D eigenvalue weighted by Gasteiger charge is -2.28. The number of furan rings is 4.